The maximum absolute atomic E-state index is 12.8. The highest BCUT2D eigenvalue weighted by atomic mass is 32.1. The Kier molecular flexibility index (Phi) is 3.14. The molecule has 0 radical (unpaired) electrons. The van der Waals surface area contributed by atoms with E-state index in [0.717, 1.165) is 15.8 Å². The third-order valence-corrected chi connectivity index (χ3v) is 5.92. The predicted molar refractivity (Wildman–Crippen MR) is 82.8 cm³/mol. The minimum atomic E-state index is 0.0833. The second-order valence-electron chi connectivity index (χ2n) is 5.52. The van der Waals surface area contributed by atoms with Crippen LogP contribution in [0.5, 0.6) is 0 Å². The second-order valence-corrected chi connectivity index (χ2v) is 7.14. The minimum absolute atomic E-state index is 0.0833. The molecule has 19 heavy (non-hydrogen) atoms. The third-order valence-electron chi connectivity index (χ3n) is 4.50. The Bertz CT molecular complexity index is 749. The van der Waals surface area contributed by atoms with Gasteiger partial charge in [-0.25, -0.2) is 0 Å². The van der Waals surface area contributed by atoms with Gasteiger partial charge in [-0.2, -0.15) is 0 Å². The fourth-order valence-corrected chi connectivity index (χ4v) is 4.31. The summed E-state index contributed by atoms with van der Waals surface area (Å²) in [6.45, 7) is 6.19. The van der Waals surface area contributed by atoms with Gasteiger partial charge in [0, 0.05) is 10.9 Å². The molecule has 102 valence electrons. The highest BCUT2D eigenvalue weighted by Crippen LogP contribution is 2.36. The summed E-state index contributed by atoms with van der Waals surface area (Å²) in [6, 6.07) is 0.203. The van der Waals surface area contributed by atoms with E-state index in [4.69, 9.17) is 12.2 Å². The highest BCUT2D eigenvalue weighted by Gasteiger charge is 2.27. The lowest BCUT2D eigenvalue weighted by Crippen LogP contribution is -2.32. The molecule has 2 aromatic heterocycles. The van der Waals surface area contributed by atoms with Crippen molar-refractivity contribution in [3.63, 3.8) is 0 Å². The summed E-state index contributed by atoms with van der Waals surface area (Å²) in [7, 11) is 0. The van der Waals surface area contributed by atoms with Gasteiger partial charge in [0.15, 0.2) is 4.77 Å². The molecule has 0 aliphatic heterocycles. The molecule has 0 amide bonds. The molecule has 1 saturated carbocycles. The van der Waals surface area contributed by atoms with E-state index in [0.29, 0.717) is 10.7 Å². The molecule has 1 aliphatic rings. The zero-order valence-corrected chi connectivity index (χ0v) is 13.1. The van der Waals surface area contributed by atoms with Gasteiger partial charge in [0.1, 0.15) is 4.83 Å². The molecule has 0 saturated heterocycles. The Morgan fingerprint density at radius 1 is 1.42 bits per heavy atom. The Morgan fingerprint density at radius 2 is 2.11 bits per heavy atom. The van der Waals surface area contributed by atoms with Crippen molar-refractivity contribution in [2.75, 3.05) is 0 Å². The number of nitrogens with one attached hydrogen (secondary N) is 1. The summed E-state index contributed by atoms with van der Waals surface area (Å²) >= 11 is 7.02. The average Bonchev–Trinajstić information content (AvgIpc) is 2.51. The lowest BCUT2D eigenvalue weighted by atomic mass is 9.80. The van der Waals surface area contributed by atoms with Gasteiger partial charge < -0.3 is 4.98 Å². The van der Waals surface area contributed by atoms with Crippen molar-refractivity contribution in [1.29, 1.82) is 0 Å². The fourth-order valence-electron chi connectivity index (χ4n) is 2.85. The largest absolute Gasteiger partial charge is 0.323 e. The van der Waals surface area contributed by atoms with Gasteiger partial charge in [-0.15, -0.1) is 11.3 Å². The van der Waals surface area contributed by atoms with Crippen LogP contribution in [-0.4, -0.2) is 9.55 Å². The summed E-state index contributed by atoms with van der Waals surface area (Å²) in [5.74, 6) is 0.602. The first-order valence-electron chi connectivity index (χ1n) is 6.75. The highest BCUT2D eigenvalue weighted by molar-refractivity contribution is 7.71. The molecular weight excluding hydrogens is 276 g/mol. The molecule has 0 bridgehead atoms. The molecular formula is C14H18N2OS2. The van der Waals surface area contributed by atoms with Crippen LogP contribution in [0.4, 0.5) is 0 Å². The number of aromatic nitrogens is 2. The molecule has 0 aromatic carbocycles. The number of fused-ring (bicyclic) bond motifs is 1. The van der Waals surface area contributed by atoms with E-state index in [9.17, 15) is 4.79 Å². The number of aromatic amines is 1. The van der Waals surface area contributed by atoms with E-state index >= 15 is 0 Å². The van der Waals surface area contributed by atoms with E-state index in [1.54, 1.807) is 15.9 Å². The van der Waals surface area contributed by atoms with Crippen molar-refractivity contribution in [2.45, 2.75) is 46.1 Å². The molecule has 1 atom stereocenters. The van der Waals surface area contributed by atoms with Gasteiger partial charge >= 0.3 is 0 Å². The van der Waals surface area contributed by atoms with Gasteiger partial charge in [0.25, 0.3) is 5.56 Å². The van der Waals surface area contributed by atoms with E-state index < -0.39 is 0 Å². The minimum Gasteiger partial charge on any atom is -0.323 e. The Balaban J connectivity index is 2.27. The van der Waals surface area contributed by atoms with Crippen LogP contribution < -0.4 is 5.56 Å². The maximum atomic E-state index is 12.8. The first kappa shape index (κ1) is 13.1. The van der Waals surface area contributed by atoms with Crippen LogP contribution >= 0.6 is 23.6 Å². The van der Waals surface area contributed by atoms with Crippen molar-refractivity contribution >= 4 is 33.8 Å². The number of rotatable bonds is 2. The van der Waals surface area contributed by atoms with Gasteiger partial charge in [-0.05, 0) is 57.3 Å². The first-order chi connectivity index (χ1) is 9.00. The van der Waals surface area contributed by atoms with Crippen LogP contribution in [0.2, 0.25) is 0 Å². The lowest BCUT2D eigenvalue weighted by Gasteiger charge is -2.32. The van der Waals surface area contributed by atoms with Crippen LogP contribution in [-0.2, 0) is 0 Å². The maximum Gasteiger partial charge on any atom is 0.263 e. The number of aryl methyl sites for hydroxylation is 2. The average molecular weight is 294 g/mol. The van der Waals surface area contributed by atoms with Crippen molar-refractivity contribution < 1.29 is 0 Å². The summed E-state index contributed by atoms with van der Waals surface area (Å²) in [6.07, 6.45) is 3.70. The number of hydrogen-bond donors (Lipinski definition) is 1. The van der Waals surface area contributed by atoms with Gasteiger partial charge in [-0.3, -0.25) is 9.36 Å². The smallest absolute Gasteiger partial charge is 0.263 e. The molecule has 2 heterocycles. The zero-order chi connectivity index (χ0) is 13.7. The van der Waals surface area contributed by atoms with Crippen molar-refractivity contribution in [1.82, 2.24) is 9.55 Å². The molecule has 1 fully saturated rings. The quantitative estimate of drug-likeness (QED) is 0.847. The monoisotopic (exact) mass is 294 g/mol. The first-order valence-corrected chi connectivity index (χ1v) is 7.97. The lowest BCUT2D eigenvalue weighted by molar-refractivity contribution is 0.217. The molecule has 0 spiro atoms. The number of thiophene rings is 1. The van der Waals surface area contributed by atoms with Crippen molar-refractivity contribution in [3.8, 4) is 0 Å². The zero-order valence-electron chi connectivity index (χ0n) is 11.4. The van der Waals surface area contributed by atoms with Crippen molar-refractivity contribution in [3.05, 3.63) is 25.6 Å². The summed E-state index contributed by atoms with van der Waals surface area (Å²) in [5, 5.41) is 0.822. The van der Waals surface area contributed by atoms with Crippen LogP contribution in [0.15, 0.2) is 4.79 Å². The van der Waals surface area contributed by atoms with Crippen molar-refractivity contribution in [2.24, 2.45) is 5.92 Å². The number of H-pyrrole nitrogens is 1. The normalized spacial score (nSPS) is 17.6. The summed E-state index contributed by atoms with van der Waals surface area (Å²) < 4.78 is 2.36. The van der Waals surface area contributed by atoms with Crippen LogP contribution in [0.3, 0.4) is 0 Å². The van der Waals surface area contributed by atoms with E-state index in [1.807, 2.05) is 6.92 Å². The fraction of sp³-hybridized carbons (Fsp3) is 0.571. The molecule has 3 nitrogen and oxygen atoms in total. The third kappa shape index (κ3) is 1.91. The molecule has 1 aliphatic carbocycles. The molecule has 3 rings (SSSR count). The van der Waals surface area contributed by atoms with E-state index in [-0.39, 0.29) is 11.6 Å². The van der Waals surface area contributed by atoms with Gasteiger partial charge in [0.2, 0.25) is 0 Å². The standard InChI is InChI=1S/C14H18N2OS2/c1-7-9(3)19-12-11(7)13(17)16(14(18)15-12)8(2)10-5-4-6-10/h8,10H,4-6H2,1-3H3,(H,15,18). The molecule has 2 aromatic rings. The Labute approximate surface area is 121 Å². The number of hydrogen-bond acceptors (Lipinski definition) is 3. The molecule has 5 heteroatoms. The Hall–Kier alpha value is -0.940. The molecule has 1 unspecified atom stereocenters. The SMILES string of the molecule is Cc1sc2[nH]c(=S)n(C(C)C3CCC3)c(=O)c2c1C. The molecule has 1 N–H and O–H groups in total. The van der Waals surface area contributed by atoms with E-state index in [2.05, 4.69) is 18.8 Å². The summed E-state index contributed by atoms with van der Waals surface area (Å²) in [4.78, 5) is 18.1. The Morgan fingerprint density at radius 3 is 2.68 bits per heavy atom. The van der Waals surface area contributed by atoms with Crippen LogP contribution in [0.25, 0.3) is 10.2 Å². The summed E-state index contributed by atoms with van der Waals surface area (Å²) in [5.41, 5.74) is 1.17. The van der Waals surface area contributed by atoms with Crippen LogP contribution in [0, 0.1) is 24.5 Å². The van der Waals surface area contributed by atoms with Gasteiger partial charge in [0.05, 0.1) is 5.39 Å². The predicted octanol–water partition coefficient (Wildman–Crippen LogP) is 4.10. The van der Waals surface area contributed by atoms with Crippen LogP contribution in [0.1, 0.15) is 42.7 Å². The topological polar surface area (TPSA) is 37.8 Å². The second kappa shape index (κ2) is 4.56. The number of nitrogens with zero attached hydrogens (tertiary/aromatic N) is 1. The van der Waals surface area contributed by atoms with E-state index in [1.165, 1.54) is 24.1 Å². The van der Waals surface area contributed by atoms with Gasteiger partial charge in [-0.1, -0.05) is 6.42 Å².